The molecular weight excluding hydrogens is 357 g/mol. The van der Waals surface area contributed by atoms with Gasteiger partial charge in [-0.2, -0.15) is 0 Å². The molecule has 0 bridgehead atoms. The highest BCUT2D eigenvalue weighted by Crippen LogP contribution is 2.18. The van der Waals surface area contributed by atoms with Gasteiger partial charge in [0.15, 0.2) is 0 Å². The second kappa shape index (κ2) is 8.18. The van der Waals surface area contributed by atoms with Crippen molar-refractivity contribution >= 4 is 27.5 Å². The maximum Gasteiger partial charge on any atom is 0.255 e. The second-order valence-electron chi connectivity index (χ2n) is 4.85. The Hall–Kier alpha value is -2.03. The topological polar surface area (TPSA) is 88.2 Å². The average molecular weight is 372 g/mol. The van der Waals surface area contributed by atoms with Crippen LogP contribution in [0.5, 0.6) is 0 Å². The van der Waals surface area contributed by atoms with Crippen LogP contribution in [0.25, 0.3) is 0 Å². The fraction of sp³-hybridized carbons (Fsp3) is 0.200. The molecule has 24 heavy (non-hydrogen) atoms. The van der Waals surface area contributed by atoms with Crippen molar-refractivity contribution in [3.05, 3.63) is 64.7 Å². The molecule has 0 aliphatic heterocycles. The zero-order valence-corrected chi connectivity index (χ0v) is 14.1. The molecular formula is C15H15ClFN3O3S. The highest BCUT2D eigenvalue weighted by Gasteiger charge is 2.16. The summed E-state index contributed by atoms with van der Waals surface area (Å²) in [7, 11) is -3.60. The normalized spacial score (nSPS) is 11.2. The smallest absolute Gasteiger partial charge is 0.255 e. The first-order valence-electron chi connectivity index (χ1n) is 6.97. The minimum absolute atomic E-state index is 0.0370. The lowest BCUT2D eigenvalue weighted by molar-refractivity contribution is 0.0952. The molecule has 0 saturated heterocycles. The number of carbonyl (C=O) groups is 1. The molecule has 6 nitrogen and oxygen atoms in total. The standard InChI is InChI=1S/C15H15ClFN3O3S/c16-12-4-1-5-13(17)14(12)15(21)19-7-8-24(22,23)20-10-11-3-2-6-18-9-11/h1-6,9,20H,7-8,10H2,(H,19,21). The van der Waals surface area contributed by atoms with Gasteiger partial charge in [0, 0.05) is 25.5 Å². The Labute approximate surface area is 144 Å². The van der Waals surface area contributed by atoms with E-state index in [9.17, 15) is 17.6 Å². The molecule has 1 amide bonds. The number of pyridine rings is 1. The molecule has 0 unspecified atom stereocenters. The second-order valence-corrected chi connectivity index (χ2v) is 7.19. The van der Waals surface area contributed by atoms with Crippen molar-refractivity contribution in [1.29, 1.82) is 0 Å². The molecule has 0 aliphatic rings. The lowest BCUT2D eigenvalue weighted by Crippen LogP contribution is -2.34. The third-order valence-corrected chi connectivity index (χ3v) is 4.71. The van der Waals surface area contributed by atoms with E-state index in [1.54, 1.807) is 24.5 Å². The molecule has 0 spiro atoms. The van der Waals surface area contributed by atoms with Crippen molar-refractivity contribution in [1.82, 2.24) is 15.0 Å². The summed E-state index contributed by atoms with van der Waals surface area (Å²) in [6.07, 6.45) is 3.13. The Bertz CT molecular complexity index is 796. The fourth-order valence-electron chi connectivity index (χ4n) is 1.87. The van der Waals surface area contributed by atoms with Crippen molar-refractivity contribution in [2.24, 2.45) is 0 Å². The molecule has 9 heteroatoms. The van der Waals surface area contributed by atoms with E-state index in [0.717, 1.165) is 6.07 Å². The first-order valence-corrected chi connectivity index (χ1v) is 9.00. The first kappa shape index (κ1) is 18.3. The SMILES string of the molecule is O=C(NCCS(=O)(=O)NCc1cccnc1)c1c(F)cccc1Cl. The largest absolute Gasteiger partial charge is 0.351 e. The third kappa shape index (κ3) is 5.26. The lowest BCUT2D eigenvalue weighted by Gasteiger charge is -2.09. The van der Waals surface area contributed by atoms with Gasteiger partial charge in [0.2, 0.25) is 10.0 Å². The summed E-state index contributed by atoms with van der Waals surface area (Å²) in [5.41, 5.74) is 0.406. The molecule has 1 aromatic heterocycles. The van der Waals surface area contributed by atoms with Crippen LogP contribution in [0.4, 0.5) is 4.39 Å². The fourth-order valence-corrected chi connectivity index (χ4v) is 3.02. The van der Waals surface area contributed by atoms with Crippen molar-refractivity contribution in [2.75, 3.05) is 12.3 Å². The van der Waals surface area contributed by atoms with E-state index in [0.29, 0.717) is 5.56 Å². The van der Waals surface area contributed by atoms with Gasteiger partial charge < -0.3 is 5.32 Å². The van der Waals surface area contributed by atoms with E-state index in [1.807, 2.05) is 0 Å². The van der Waals surface area contributed by atoms with Gasteiger partial charge in [-0.25, -0.2) is 17.5 Å². The molecule has 0 saturated carbocycles. The van der Waals surface area contributed by atoms with Crippen LogP contribution in [0.2, 0.25) is 5.02 Å². The number of hydrogen-bond acceptors (Lipinski definition) is 4. The molecule has 2 aromatic rings. The summed E-state index contributed by atoms with van der Waals surface area (Å²) in [5.74, 6) is -1.87. The molecule has 1 heterocycles. The van der Waals surface area contributed by atoms with Crippen molar-refractivity contribution < 1.29 is 17.6 Å². The van der Waals surface area contributed by atoms with Crippen LogP contribution in [-0.4, -0.2) is 31.6 Å². The highest BCUT2D eigenvalue weighted by atomic mass is 35.5. The summed E-state index contributed by atoms with van der Waals surface area (Å²) >= 11 is 5.77. The number of amides is 1. The van der Waals surface area contributed by atoms with Crippen LogP contribution in [0.3, 0.4) is 0 Å². The molecule has 2 rings (SSSR count). The van der Waals surface area contributed by atoms with Gasteiger partial charge in [-0.15, -0.1) is 0 Å². The number of nitrogens with one attached hydrogen (secondary N) is 2. The zero-order valence-electron chi connectivity index (χ0n) is 12.5. The summed E-state index contributed by atoms with van der Waals surface area (Å²) in [6.45, 7) is -0.0743. The number of halogens is 2. The van der Waals surface area contributed by atoms with Crippen LogP contribution >= 0.6 is 11.6 Å². The Kier molecular flexibility index (Phi) is 6.24. The minimum atomic E-state index is -3.60. The molecule has 0 aliphatic carbocycles. The van der Waals surface area contributed by atoms with Crippen LogP contribution in [0, 0.1) is 5.82 Å². The van der Waals surface area contributed by atoms with Crippen molar-refractivity contribution in [3.63, 3.8) is 0 Å². The number of hydrogen-bond donors (Lipinski definition) is 2. The monoisotopic (exact) mass is 371 g/mol. The highest BCUT2D eigenvalue weighted by molar-refractivity contribution is 7.89. The predicted molar refractivity (Wildman–Crippen MR) is 88.6 cm³/mol. The quantitative estimate of drug-likeness (QED) is 0.775. The molecule has 0 fully saturated rings. The van der Waals surface area contributed by atoms with E-state index in [2.05, 4.69) is 15.0 Å². The molecule has 1 aromatic carbocycles. The van der Waals surface area contributed by atoms with Gasteiger partial charge in [-0.1, -0.05) is 23.7 Å². The number of rotatable bonds is 7. The van der Waals surface area contributed by atoms with Gasteiger partial charge in [0.25, 0.3) is 5.91 Å². The average Bonchev–Trinajstić information content (AvgIpc) is 2.54. The number of aromatic nitrogens is 1. The minimum Gasteiger partial charge on any atom is -0.351 e. The Morgan fingerprint density at radius 3 is 2.71 bits per heavy atom. The van der Waals surface area contributed by atoms with Crippen LogP contribution in [-0.2, 0) is 16.6 Å². The maximum absolute atomic E-state index is 13.6. The Morgan fingerprint density at radius 1 is 1.25 bits per heavy atom. The third-order valence-electron chi connectivity index (χ3n) is 3.07. The van der Waals surface area contributed by atoms with Gasteiger partial charge in [-0.3, -0.25) is 9.78 Å². The van der Waals surface area contributed by atoms with Gasteiger partial charge in [0.05, 0.1) is 16.3 Å². The van der Waals surface area contributed by atoms with Gasteiger partial charge in [0.1, 0.15) is 5.82 Å². The van der Waals surface area contributed by atoms with Crippen LogP contribution < -0.4 is 10.0 Å². The number of sulfonamides is 1. The Balaban J connectivity index is 1.85. The predicted octanol–water partition coefficient (Wildman–Crippen LogP) is 1.72. The Morgan fingerprint density at radius 2 is 2.04 bits per heavy atom. The number of carbonyl (C=O) groups excluding carboxylic acids is 1. The van der Waals surface area contributed by atoms with E-state index in [-0.39, 0.29) is 29.4 Å². The van der Waals surface area contributed by atoms with E-state index in [1.165, 1.54) is 12.1 Å². The van der Waals surface area contributed by atoms with E-state index >= 15 is 0 Å². The summed E-state index contributed by atoms with van der Waals surface area (Å²) in [6, 6.07) is 7.29. The van der Waals surface area contributed by atoms with Crippen LogP contribution in [0.15, 0.2) is 42.7 Å². The maximum atomic E-state index is 13.6. The first-order chi connectivity index (χ1) is 11.4. The zero-order chi connectivity index (χ0) is 17.6. The molecule has 2 N–H and O–H groups in total. The van der Waals surface area contributed by atoms with E-state index < -0.39 is 21.7 Å². The number of nitrogens with zero attached hydrogens (tertiary/aromatic N) is 1. The molecule has 0 atom stereocenters. The summed E-state index contributed by atoms with van der Waals surface area (Å²) < 4.78 is 39.7. The molecule has 128 valence electrons. The lowest BCUT2D eigenvalue weighted by atomic mass is 10.2. The van der Waals surface area contributed by atoms with Crippen LogP contribution in [0.1, 0.15) is 15.9 Å². The summed E-state index contributed by atoms with van der Waals surface area (Å²) in [5, 5.41) is 2.30. The summed E-state index contributed by atoms with van der Waals surface area (Å²) in [4.78, 5) is 15.8. The van der Waals surface area contributed by atoms with E-state index in [4.69, 9.17) is 11.6 Å². The number of benzene rings is 1. The van der Waals surface area contributed by atoms with Gasteiger partial charge >= 0.3 is 0 Å². The van der Waals surface area contributed by atoms with Gasteiger partial charge in [-0.05, 0) is 23.8 Å². The van der Waals surface area contributed by atoms with Crippen molar-refractivity contribution in [2.45, 2.75) is 6.54 Å². The molecule has 0 radical (unpaired) electrons. The van der Waals surface area contributed by atoms with Crippen molar-refractivity contribution in [3.8, 4) is 0 Å².